The first-order chi connectivity index (χ1) is 12.4. The number of nitrogens with zero attached hydrogens (tertiary/aromatic N) is 2. The van der Waals surface area contributed by atoms with Gasteiger partial charge in [-0.1, -0.05) is 30.3 Å². The summed E-state index contributed by atoms with van der Waals surface area (Å²) in [6, 6.07) is 17.9. The molecule has 5 heteroatoms. The standard InChI is InChI=1S/C21H27N3O2/c1-21(2,3)22-20(25)24-15-13-23(14-16-24)18-11-7-8-12-19(18)26-17-9-5-4-6-10-17/h4-12H,13-16H2,1-3H3,(H,22,25). The summed E-state index contributed by atoms with van der Waals surface area (Å²) in [6.07, 6.45) is 0. The van der Waals surface area contributed by atoms with Crippen LogP contribution >= 0.6 is 0 Å². The van der Waals surface area contributed by atoms with Crippen molar-refractivity contribution in [2.75, 3.05) is 31.1 Å². The largest absolute Gasteiger partial charge is 0.455 e. The third-order valence-electron chi connectivity index (χ3n) is 4.23. The molecule has 0 radical (unpaired) electrons. The van der Waals surface area contributed by atoms with Gasteiger partial charge in [0, 0.05) is 31.7 Å². The Morgan fingerprint density at radius 3 is 2.19 bits per heavy atom. The fraction of sp³-hybridized carbons (Fsp3) is 0.381. The molecule has 5 nitrogen and oxygen atoms in total. The molecule has 0 unspecified atom stereocenters. The van der Waals surface area contributed by atoms with Crippen LogP contribution in [0.1, 0.15) is 20.8 Å². The minimum Gasteiger partial charge on any atom is -0.455 e. The lowest BCUT2D eigenvalue weighted by Gasteiger charge is -2.37. The Morgan fingerprint density at radius 1 is 0.923 bits per heavy atom. The van der Waals surface area contributed by atoms with E-state index in [0.717, 1.165) is 30.3 Å². The molecule has 0 spiro atoms. The zero-order valence-electron chi connectivity index (χ0n) is 15.7. The molecular formula is C21H27N3O2. The highest BCUT2D eigenvalue weighted by atomic mass is 16.5. The second-order valence-corrected chi connectivity index (χ2v) is 7.54. The monoisotopic (exact) mass is 353 g/mol. The minimum absolute atomic E-state index is 0.00553. The second kappa shape index (κ2) is 7.68. The molecule has 2 aromatic carbocycles. The zero-order chi connectivity index (χ0) is 18.6. The van der Waals surface area contributed by atoms with Gasteiger partial charge in [-0.15, -0.1) is 0 Å². The normalized spacial score (nSPS) is 14.9. The van der Waals surface area contributed by atoms with Gasteiger partial charge in [0.25, 0.3) is 0 Å². The Balaban J connectivity index is 1.66. The van der Waals surface area contributed by atoms with Crippen molar-refractivity contribution in [3.8, 4) is 11.5 Å². The number of amides is 2. The summed E-state index contributed by atoms with van der Waals surface area (Å²) >= 11 is 0. The van der Waals surface area contributed by atoms with Crippen molar-refractivity contribution in [2.24, 2.45) is 0 Å². The number of anilines is 1. The van der Waals surface area contributed by atoms with Crippen molar-refractivity contribution in [2.45, 2.75) is 26.3 Å². The van der Waals surface area contributed by atoms with E-state index in [1.165, 1.54) is 0 Å². The molecular weight excluding hydrogens is 326 g/mol. The van der Waals surface area contributed by atoms with Crippen LogP contribution in [0, 0.1) is 0 Å². The molecule has 3 rings (SSSR count). The summed E-state index contributed by atoms with van der Waals surface area (Å²) < 4.78 is 6.07. The van der Waals surface area contributed by atoms with Gasteiger partial charge in [0.1, 0.15) is 5.75 Å². The number of carbonyl (C=O) groups is 1. The fourth-order valence-corrected chi connectivity index (χ4v) is 2.97. The quantitative estimate of drug-likeness (QED) is 0.903. The third-order valence-corrected chi connectivity index (χ3v) is 4.23. The number of para-hydroxylation sites is 3. The van der Waals surface area contributed by atoms with Gasteiger partial charge >= 0.3 is 6.03 Å². The Morgan fingerprint density at radius 2 is 1.54 bits per heavy atom. The van der Waals surface area contributed by atoms with Crippen molar-refractivity contribution in [1.29, 1.82) is 0 Å². The van der Waals surface area contributed by atoms with Crippen LogP contribution in [0.4, 0.5) is 10.5 Å². The number of hydrogen-bond donors (Lipinski definition) is 1. The lowest BCUT2D eigenvalue weighted by atomic mass is 10.1. The summed E-state index contributed by atoms with van der Waals surface area (Å²) in [4.78, 5) is 16.5. The van der Waals surface area contributed by atoms with Gasteiger partial charge in [-0.25, -0.2) is 4.79 Å². The summed E-state index contributed by atoms with van der Waals surface area (Å²) in [5.41, 5.74) is 0.844. The second-order valence-electron chi connectivity index (χ2n) is 7.54. The topological polar surface area (TPSA) is 44.8 Å². The van der Waals surface area contributed by atoms with Crippen LogP contribution in [0.2, 0.25) is 0 Å². The van der Waals surface area contributed by atoms with Gasteiger partial charge in [0.2, 0.25) is 0 Å². The number of nitrogens with one attached hydrogen (secondary N) is 1. The van der Waals surface area contributed by atoms with E-state index in [9.17, 15) is 4.79 Å². The summed E-state index contributed by atoms with van der Waals surface area (Å²) in [5, 5.41) is 3.03. The van der Waals surface area contributed by atoms with Gasteiger partial charge in [-0.2, -0.15) is 0 Å². The summed E-state index contributed by atoms with van der Waals surface area (Å²) in [5.74, 6) is 1.66. The molecule has 0 bridgehead atoms. The van der Waals surface area contributed by atoms with E-state index >= 15 is 0 Å². The first-order valence-electron chi connectivity index (χ1n) is 9.06. The lowest BCUT2D eigenvalue weighted by Crippen LogP contribution is -2.55. The highest BCUT2D eigenvalue weighted by molar-refractivity contribution is 5.75. The maximum absolute atomic E-state index is 12.3. The molecule has 138 valence electrons. The minimum atomic E-state index is -0.218. The van der Waals surface area contributed by atoms with Crippen molar-refractivity contribution in [3.63, 3.8) is 0 Å². The maximum Gasteiger partial charge on any atom is 0.317 e. The van der Waals surface area contributed by atoms with E-state index in [2.05, 4.69) is 16.3 Å². The first kappa shape index (κ1) is 18.1. The van der Waals surface area contributed by atoms with E-state index < -0.39 is 0 Å². The van der Waals surface area contributed by atoms with E-state index in [1.807, 2.05) is 74.2 Å². The van der Waals surface area contributed by atoms with E-state index in [1.54, 1.807) is 0 Å². The molecule has 1 aliphatic heterocycles. The average molecular weight is 353 g/mol. The van der Waals surface area contributed by atoms with Crippen molar-refractivity contribution in [1.82, 2.24) is 10.2 Å². The molecule has 0 atom stereocenters. The predicted octanol–water partition coefficient (Wildman–Crippen LogP) is 4.11. The Labute approximate surface area is 155 Å². The number of hydrogen-bond acceptors (Lipinski definition) is 3. The number of urea groups is 1. The highest BCUT2D eigenvalue weighted by Crippen LogP contribution is 2.32. The summed E-state index contributed by atoms with van der Waals surface area (Å²) in [7, 11) is 0. The van der Waals surface area contributed by atoms with Crippen LogP contribution in [0.25, 0.3) is 0 Å². The van der Waals surface area contributed by atoms with Crippen LogP contribution in [-0.4, -0.2) is 42.6 Å². The molecule has 2 amide bonds. The molecule has 1 fully saturated rings. The van der Waals surface area contributed by atoms with Crippen LogP contribution < -0.4 is 15.0 Å². The van der Waals surface area contributed by atoms with Gasteiger partial charge in [0.15, 0.2) is 5.75 Å². The van der Waals surface area contributed by atoms with Crippen LogP contribution in [0.5, 0.6) is 11.5 Å². The summed E-state index contributed by atoms with van der Waals surface area (Å²) in [6.45, 7) is 8.96. The average Bonchev–Trinajstić information content (AvgIpc) is 2.62. The molecule has 1 saturated heterocycles. The SMILES string of the molecule is CC(C)(C)NC(=O)N1CCN(c2ccccc2Oc2ccccc2)CC1. The maximum atomic E-state index is 12.3. The van der Waals surface area contributed by atoms with Crippen molar-refractivity contribution >= 4 is 11.7 Å². The first-order valence-corrected chi connectivity index (χ1v) is 9.06. The lowest BCUT2D eigenvalue weighted by molar-refractivity contribution is 0.185. The molecule has 26 heavy (non-hydrogen) atoms. The Hall–Kier alpha value is -2.69. The number of benzene rings is 2. The molecule has 1 aliphatic rings. The van der Waals surface area contributed by atoms with Crippen LogP contribution in [0.15, 0.2) is 54.6 Å². The van der Waals surface area contributed by atoms with Crippen LogP contribution in [-0.2, 0) is 0 Å². The molecule has 0 aromatic heterocycles. The third kappa shape index (κ3) is 4.69. The molecule has 0 saturated carbocycles. The van der Waals surface area contributed by atoms with E-state index in [4.69, 9.17) is 4.74 Å². The molecule has 1 heterocycles. The molecule has 2 aromatic rings. The number of ether oxygens (including phenoxy) is 1. The Kier molecular flexibility index (Phi) is 5.35. The zero-order valence-corrected chi connectivity index (χ0v) is 15.7. The van der Waals surface area contributed by atoms with Crippen LogP contribution in [0.3, 0.4) is 0 Å². The Bertz CT molecular complexity index is 732. The van der Waals surface area contributed by atoms with E-state index in [-0.39, 0.29) is 11.6 Å². The van der Waals surface area contributed by atoms with Gasteiger partial charge < -0.3 is 19.9 Å². The van der Waals surface area contributed by atoms with Gasteiger partial charge in [-0.3, -0.25) is 0 Å². The van der Waals surface area contributed by atoms with Crippen molar-refractivity contribution in [3.05, 3.63) is 54.6 Å². The molecule has 0 aliphatic carbocycles. The number of carbonyl (C=O) groups excluding carboxylic acids is 1. The van der Waals surface area contributed by atoms with Crippen molar-refractivity contribution < 1.29 is 9.53 Å². The number of piperazine rings is 1. The number of rotatable bonds is 3. The molecule has 1 N–H and O–H groups in total. The predicted molar refractivity (Wildman–Crippen MR) is 105 cm³/mol. The van der Waals surface area contributed by atoms with Gasteiger partial charge in [0.05, 0.1) is 5.69 Å². The highest BCUT2D eigenvalue weighted by Gasteiger charge is 2.25. The van der Waals surface area contributed by atoms with E-state index in [0.29, 0.717) is 13.1 Å². The fourth-order valence-electron chi connectivity index (χ4n) is 2.97. The smallest absolute Gasteiger partial charge is 0.317 e. The van der Waals surface area contributed by atoms with Gasteiger partial charge in [-0.05, 0) is 45.0 Å².